The van der Waals surface area contributed by atoms with Crippen molar-refractivity contribution in [2.45, 2.75) is 17.7 Å². The molecule has 8 nitrogen and oxygen atoms in total. The summed E-state index contributed by atoms with van der Waals surface area (Å²) in [5.41, 5.74) is 3.72. The molecule has 1 heterocycles. The highest BCUT2D eigenvalue weighted by molar-refractivity contribution is 7.92. The number of sulfonamides is 1. The number of unbranched alkanes of at least 4 members (excludes halogenated alkanes) is 1. The number of nitrogens with zero attached hydrogens (tertiary/aromatic N) is 3. The molecule has 0 aliphatic carbocycles. The molecule has 10 heteroatoms. The number of benzene rings is 4. The Balaban J connectivity index is 1.60. The number of anilines is 1. The lowest BCUT2D eigenvalue weighted by molar-refractivity contribution is -0.134. The number of hydrogen-bond donors (Lipinski definition) is 0. The predicted octanol–water partition coefficient (Wildman–Crippen LogP) is 7.06. The number of esters is 1. The molecule has 0 saturated heterocycles. The number of hydrogen-bond acceptors (Lipinski definition) is 6. The number of allylic oxidation sites excluding steroid dienone is 1. The number of methoxy groups -OCH3 is 2. The van der Waals surface area contributed by atoms with Crippen molar-refractivity contribution in [3.8, 4) is 22.8 Å². The van der Waals surface area contributed by atoms with Gasteiger partial charge in [-0.3, -0.25) is 8.87 Å². The normalized spacial score (nSPS) is 11.6. The van der Waals surface area contributed by atoms with E-state index in [2.05, 4.69) is 4.74 Å². The zero-order chi connectivity index (χ0) is 30.4. The second-order valence-electron chi connectivity index (χ2n) is 9.61. The standard InChI is InChI=1S/C33H30ClN3O5S/c1-41-28-17-14-26(15-18-28)37-31-21-16-27(23-30(31)35-33(37)24-9-5-3-6-10-24)36(22-8-4-7-11-32(38)42-2)43(39,40)29-19-12-25(34)13-20-29/h3,5-7,9-21,23H,4,8,22H2,1-2H3. The van der Waals surface area contributed by atoms with Gasteiger partial charge in [0.05, 0.1) is 35.8 Å². The lowest BCUT2D eigenvalue weighted by atomic mass is 10.2. The minimum absolute atomic E-state index is 0.121. The van der Waals surface area contributed by atoms with Gasteiger partial charge in [-0.05, 0) is 79.6 Å². The molecule has 0 fully saturated rings. The molecular formula is C33H30ClN3O5S. The van der Waals surface area contributed by atoms with Gasteiger partial charge in [0.1, 0.15) is 11.6 Å². The van der Waals surface area contributed by atoms with Gasteiger partial charge < -0.3 is 9.47 Å². The van der Waals surface area contributed by atoms with Crippen LogP contribution in [0.25, 0.3) is 28.1 Å². The Bertz CT molecular complexity index is 1850. The fraction of sp³-hybridized carbons (Fsp3) is 0.152. The minimum atomic E-state index is -3.95. The number of rotatable bonds is 11. The van der Waals surface area contributed by atoms with Crippen molar-refractivity contribution in [1.29, 1.82) is 0 Å². The van der Waals surface area contributed by atoms with E-state index in [9.17, 15) is 13.2 Å². The minimum Gasteiger partial charge on any atom is -0.497 e. The Morgan fingerprint density at radius 1 is 0.953 bits per heavy atom. The fourth-order valence-electron chi connectivity index (χ4n) is 4.72. The zero-order valence-corrected chi connectivity index (χ0v) is 25.3. The molecule has 0 atom stereocenters. The summed E-state index contributed by atoms with van der Waals surface area (Å²) in [7, 11) is -1.02. The summed E-state index contributed by atoms with van der Waals surface area (Å²) in [6, 6.07) is 29.1. The second kappa shape index (κ2) is 13.1. The van der Waals surface area contributed by atoms with Crippen molar-refractivity contribution in [2.75, 3.05) is 25.1 Å². The zero-order valence-electron chi connectivity index (χ0n) is 23.7. The van der Waals surface area contributed by atoms with E-state index >= 15 is 0 Å². The van der Waals surface area contributed by atoms with Crippen LogP contribution in [0.5, 0.6) is 5.75 Å². The SMILES string of the molecule is COC(=O)C=CCCCN(c1ccc2c(c1)nc(-c1ccccc1)n2-c1ccc(OC)cc1)S(=O)(=O)c1ccc(Cl)cc1. The van der Waals surface area contributed by atoms with E-state index in [1.165, 1.54) is 29.6 Å². The molecular weight excluding hydrogens is 586 g/mol. The number of ether oxygens (including phenoxy) is 2. The molecule has 0 amide bonds. The Labute approximate surface area is 255 Å². The van der Waals surface area contributed by atoms with Crippen molar-refractivity contribution in [3.05, 3.63) is 114 Å². The van der Waals surface area contributed by atoms with Gasteiger partial charge in [-0.2, -0.15) is 0 Å². The second-order valence-corrected chi connectivity index (χ2v) is 11.9. The van der Waals surface area contributed by atoms with Crippen molar-refractivity contribution in [1.82, 2.24) is 9.55 Å². The van der Waals surface area contributed by atoms with Crippen LogP contribution in [0.1, 0.15) is 12.8 Å². The highest BCUT2D eigenvalue weighted by Crippen LogP contribution is 2.33. The van der Waals surface area contributed by atoms with Crippen LogP contribution in [0.4, 0.5) is 5.69 Å². The molecule has 0 N–H and O–H groups in total. The Morgan fingerprint density at radius 2 is 1.67 bits per heavy atom. The third-order valence-electron chi connectivity index (χ3n) is 6.88. The van der Waals surface area contributed by atoms with Crippen molar-refractivity contribution >= 4 is 44.3 Å². The van der Waals surface area contributed by atoms with Crippen LogP contribution < -0.4 is 9.04 Å². The summed E-state index contributed by atoms with van der Waals surface area (Å²) in [4.78, 5) is 16.6. The molecule has 5 rings (SSSR count). The maximum Gasteiger partial charge on any atom is 0.330 e. The first-order chi connectivity index (χ1) is 20.8. The summed E-state index contributed by atoms with van der Waals surface area (Å²) in [5.74, 6) is 0.997. The van der Waals surface area contributed by atoms with E-state index in [4.69, 9.17) is 21.3 Å². The van der Waals surface area contributed by atoms with Gasteiger partial charge >= 0.3 is 5.97 Å². The molecule has 5 aromatic rings. The van der Waals surface area contributed by atoms with Crippen LogP contribution in [0, 0.1) is 0 Å². The van der Waals surface area contributed by atoms with Crippen molar-refractivity contribution in [3.63, 3.8) is 0 Å². The summed E-state index contributed by atoms with van der Waals surface area (Å²) >= 11 is 6.04. The number of aromatic nitrogens is 2. The first kappa shape index (κ1) is 29.9. The molecule has 4 aromatic carbocycles. The van der Waals surface area contributed by atoms with Gasteiger partial charge in [-0.25, -0.2) is 18.2 Å². The Kier molecular flexibility index (Phi) is 9.13. The van der Waals surface area contributed by atoms with Gasteiger partial charge in [0, 0.05) is 28.9 Å². The van der Waals surface area contributed by atoms with E-state index in [0.29, 0.717) is 29.1 Å². The Morgan fingerprint density at radius 3 is 2.35 bits per heavy atom. The smallest absolute Gasteiger partial charge is 0.330 e. The molecule has 0 spiro atoms. The van der Waals surface area contributed by atoms with E-state index < -0.39 is 16.0 Å². The molecule has 0 aliphatic heterocycles. The Hall–Kier alpha value is -4.60. The summed E-state index contributed by atoms with van der Waals surface area (Å²) in [5, 5.41) is 0.442. The van der Waals surface area contributed by atoms with Crippen LogP contribution in [0.3, 0.4) is 0 Å². The van der Waals surface area contributed by atoms with Crippen molar-refractivity contribution in [2.24, 2.45) is 0 Å². The molecule has 0 unspecified atom stereocenters. The highest BCUT2D eigenvalue weighted by atomic mass is 35.5. The fourth-order valence-corrected chi connectivity index (χ4v) is 6.34. The van der Waals surface area contributed by atoms with Crippen LogP contribution in [-0.2, 0) is 19.6 Å². The average Bonchev–Trinajstić information content (AvgIpc) is 3.42. The lowest BCUT2D eigenvalue weighted by Gasteiger charge is -2.24. The van der Waals surface area contributed by atoms with Crippen LogP contribution in [0.15, 0.2) is 114 Å². The molecule has 0 radical (unpaired) electrons. The number of fused-ring (bicyclic) bond motifs is 1. The average molecular weight is 616 g/mol. The maximum absolute atomic E-state index is 13.9. The van der Waals surface area contributed by atoms with Crippen LogP contribution >= 0.6 is 11.6 Å². The van der Waals surface area contributed by atoms with Gasteiger partial charge in [-0.15, -0.1) is 0 Å². The topological polar surface area (TPSA) is 90.7 Å². The van der Waals surface area contributed by atoms with Gasteiger partial charge in [0.2, 0.25) is 0 Å². The lowest BCUT2D eigenvalue weighted by Crippen LogP contribution is -2.32. The molecule has 0 saturated carbocycles. The number of imidazole rings is 1. The highest BCUT2D eigenvalue weighted by Gasteiger charge is 2.26. The van der Waals surface area contributed by atoms with E-state index in [-0.39, 0.29) is 11.4 Å². The number of halogens is 1. The first-order valence-electron chi connectivity index (χ1n) is 13.6. The molecule has 220 valence electrons. The summed E-state index contributed by atoms with van der Waals surface area (Å²) < 4.78 is 41.3. The van der Waals surface area contributed by atoms with E-state index in [0.717, 1.165) is 28.3 Å². The van der Waals surface area contributed by atoms with Crippen LogP contribution in [0.2, 0.25) is 5.02 Å². The molecule has 43 heavy (non-hydrogen) atoms. The molecule has 0 aliphatic rings. The van der Waals surface area contributed by atoms with Gasteiger partial charge in [-0.1, -0.05) is 48.0 Å². The maximum atomic E-state index is 13.9. The third-order valence-corrected chi connectivity index (χ3v) is 8.97. The largest absolute Gasteiger partial charge is 0.497 e. The van der Waals surface area contributed by atoms with Gasteiger partial charge in [0.15, 0.2) is 0 Å². The quantitative estimate of drug-likeness (QED) is 0.0898. The summed E-state index contributed by atoms with van der Waals surface area (Å²) in [6.07, 6.45) is 3.95. The third kappa shape index (κ3) is 6.58. The van der Waals surface area contributed by atoms with E-state index in [1.807, 2.05) is 65.2 Å². The predicted molar refractivity (Wildman–Crippen MR) is 169 cm³/mol. The summed E-state index contributed by atoms with van der Waals surface area (Å²) in [6.45, 7) is 0.173. The number of carbonyl (C=O) groups is 1. The van der Waals surface area contributed by atoms with E-state index in [1.54, 1.807) is 37.5 Å². The van der Waals surface area contributed by atoms with Crippen LogP contribution in [-0.4, -0.2) is 44.7 Å². The van der Waals surface area contributed by atoms with Crippen molar-refractivity contribution < 1.29 is 22.7 Å². The van der Waals surface area contributed by atoms with Gasteiger partial charge in [0.25, 0.3) is 10.0 Å². The first-order valence-corrected chi connectivity index (χ1v) is 15.4. The molecule has 1 aromatic heterocycles. The molecule has 0 bridgehead atoms. The number of carbonyl (C=O) groups excluding carboxylic acids is 1. The monoisotopic (exact) mass is 615 g/mol.